The van der Waals surface area contributed by atoms with Crippen LogP contribution in [0.1, 0.15) is 30.3 Å². The first-order valence-electron chi connectivity index (χ1n) is 5.93. The van der Waals surface area contributed by atoms with Crippen LogP contribution in [0.4, 0.5) is 13.2 Å². The van der Waals surface area contributed by atoms with Gasteiger partial charge in [0.05, 0.1) is 11.7 Å². The van der Waals surface area contributed by atoms with Crippen LogP contribution in [-0.4, -0.2) is 4.57 Å². The van der Waals surface area contributed by atoms with E-state index in [-0.39, 0.29) is 6.17 Å². The normalized spacial score (nSPS) is 20.1. The lowest BCUT2D eigenvalue weighted by Gasteiger charge is -2.23. The minimum atomic E-state index is -4.29. The van der Waals surface area contributed by atoms with Gasteiger partial charge in [0.15, 0.2) is 0 Å². The molecule has 2 nitrogen and oxygen atoms in total. The second kappa shape index (κ2) is 3.75. The highest BCUT2D eigenvalue weighted by Gasteiger charge is 2.31. The highest BCUT2D eigenvalue weighted by atomic mass is 19.4. The number of aromatic nitrogens is 1. The molecule has 96 valence electrons. The fraction of sp³-hybridized carbons (Fsp3) is 0.385. The Hall–Kier alpha value is -1.49. The number of halogens is 3. The Bertz CT molecular complexity index is 598. The van der Waals surface area contributed by atoms with Crippen molar-refractivity contribution in [2.45, 2.75) is 31.6 Å². The third-order valence-corrected chi connectivity index (χ3v) is 3.51. The van der Waals surface area contributed by atoms with E-state index in [0.29, 0.717) is 5.39 Å². The first-order chi connectivity index (χ1) is 8.47. The largest absolute Gasteiger partial charge is 0.416 e. The van der Waals surface area contributed by atoms with E-state index in [9.17, 15) is 13.2 Å². The fourth-order valence-electron chi connectivity index (χ4n) is 2.68. The van der Waals surface area contributed by atoms with Crippen molar-refractivity contribution in [2.24, 2.45) is 5.73 Å². The summed E-state index contributed by atoms with van der Waals surface area (Å²) in [5.41, 5.74) is 7.24. The molecule has 1 aromatic heterocycles. The Labute approximate surface area is 102 Å². The van der Waals surface area contributed by atoms with Gasteiger partial charge < -0.3 is 10.3 Å². The maximum atomic E-state index is 12.6. The van der Waals surface area contributed by atoms with Gasteiger partial charge in [-0.2, -0.15) is 13.2 Å². The van der Waals surface area contributed by atoms with Crippen LogP contribution in [-0.2, 0) is 12.6 Å². The Balaban J connectivity index is 2.20. The van der Waals surface area contributed by atoms with Crippen molar-refractivity contribution in [1.29, 1.82) is 0 Å². The van der Waals surface area contributed by atoms with Crippen molar-refractivity contribution >= 4 is 10.9 Å². The van der Waals surface area contributed by atoms with Crippen LogP contribution in [0.15, 0.2) is 24.3 Å². The van der Waals surface area contributed by atoms with Gasteiger partial charge in [0.1, 0.15) is 0 Å². The Morgan fingerprint density at radius 1 is 1.22 bits per heavy atom. The van der Waals surface area contributed by atoms with E-state index in [1.54, 1.807) is 0 Å². The highest BCUT2D eigenvalue weighted by Crippen LogP contribution is 2.34. The van der Waals surface area contributed by atoms with Crippen LogP contribution >= 0.6 is 0 Å². The molecule has 1 aliphatic heterocycles. The molecule has 5 heteroatoms. The van der Waals surface area contributed by atoms with Crippen molar-refractivity contribution in [3.63, 3.8) is 0 Å². The van der Waals surface area contributed by atoms with Crippen LogP contribution in [0.5, 0.6) is 0 Å². The van der Waals surface area contributed by atoms with Crippen LogP contribution < -0.4 is 5.73 Å². The molecule has 0 saturated heterocycles. The summed E-state index contributed by atoms with van der Waals surface area (Å²) in [6.45, 7) is 0. The zero-order chi connectivity index (χ0) is 12.9. The molecule has 0 amide bonds. The minimum Gasteiger partial charge on any atom is -0.329 e. The van der Waals surface area contributed by atoms with Gasteiger partial charge in [0.2, 0.25) is 0 Å². The number of nitrogens with zero attached hydrogens (tertiary/aromatic N) is 1. The standard InChI is InChI=1S/C13H13F3N2/c14-13(15,16)9-4-5-11-8(6-9)7-10-2-1-3-12(17)18(10)11/h4-7,12H,1-3,17H2. The Morgan fingerprint density at radius 3 is 2.72 bits per heavy atom. The number of fused-ring (bicyclic) bond motifs is 3. The average Bonchev–Trinajstić information content (AvgIpc) is 2.66. The van der Waals surface area contributed by atoms with Gasteiger partial charge in [0.25, 0.3) is 0 Å². The zero-order valence-corrected chi connectivity index (χ0v) is 9.67. The first-order valence-corrected chi connectivity index (χ1v) is 5.93. The van der Waals surface area contributed by atoms with E-state index >= 15 is 0 Å². The molecule has 0 bridgehead atoms. The summed E-state index contributed by atoms with van der Waals surface area (Å²) in [4.78, 5) is 0. The molecule has 0 aliphatic carbocycles. The lowest BCUT2D eigenvalue weighted by molar-refractivity contribution is -0.137. The summed E-state index contributed by atoms with van der Waals surface area (Å²) in [6.07, 6.45) is -1.67. The van der Waals surface area contributed by atoms with Crippen molar-refractivity contribution < 1.29 is 13.2 Å². The van der Waals surface area contributed by atoms with Gasteiger partial charge in [-0.25, -0.2) is 0 Å². The lowest BCUT2D eigenvalue weighted by atomic mass is 10.1. The summed E-state index contributed by atoms with van der Waals surface area (Å²) in [7, 11) is 0. The molecule has 1 atom stereocenters. The van der Waals surface area contributed by atoms with Gasteiger partial charge in [-0.3, -0.25) is 0 Å². The molecular weight excluding hydrogens is 241 g/mol. The summed E-state index contributed by atoms with van der Waals surface area (Å²) in [5.74, 6) is 0. The number of aryl methyl sites for hydroxylation is 1. The third-order valence-electron chi connectivity index (χ3n) is 3.51. The van der Waals surface area contributed by atoms with Gasteiger partial charge in [-0.05, 0) is 43.5 Å². The first kappa shape index (κ1) is 11.6. The fourth-order valence-corrected chi connectivity index (χ4v) is 2.68. The number of hydrogen-bond acceptors (Lipinski definition) is 1. The molecule has 0 spiro atoms. The van der Waals surface area contributed by atoms with Crippen molar-refractivity contribution in [2.75, 3.05) is 0 Å². The Morgan fingerprint density at radius 2 is 2.00 bits per heavy atom. The molecule has 2 N–H and O–H groups in total. The van der Waals surface area contributed by atoms with E-state index in [1.807, 2.05) is 10.6 Å². The quantitative estimate of drug-likeness (QED) is 0.767. The van der Waals surface area contributed by atoms with Crippen LogP contribution in [0.2, 0.25) is 0 Å². The molecule has 0 fully saturated rings. The SMILES string of the molecule is NC1CCCc2cc3cc(C(F)(F)F)ccc3n21. The summed E-state index contributed by atoms with van der Waals surface area (Å²) < 4.78 is 39.9. The topological polar surface area (TPSA) is 30.9 Å². The van der Waals surface area contributed by atoms with E-state index in [4.69, 9.17) is 5.73 Å². The second-order valence-corrected chi connectivity index (χ2v) is 4.74. The number of benzene rings is 1. The van der Waals surface area contributed by atoms with Gasteiger partial charge in [-0.1, -0.05) is 0 Å². The summed E-state index contributed by atoms with van der Waals surface area (Å²) >= 11 is 0. The monoisotopic (exact) mass is 254 g/mol. The van der Waals surface area contributed by atoms with Crippen LogP contribution in [0.25, 0.3) is 10.9 Å². The molecule has 1 aromatic carbocycles. The number of alkyl halides is 3. The van der Waals surface area contributed by atoms with Crippen molar-refractivity contribution in [1.82, 2.24) is 4.57 Å². The van der Waals surface area contributed by atoms with E-state index < -0.39 is 11.7 Å². The average molecular weight is 254 g/mol. The lowest BCUT2D eigenvalue weighted by Crippen LogP contribution is -2.24. The highest BCUT2D eigenvalue weighted by molar-refractivity contribution is 5.82. The maximum Gasteiger partial charge on any atom is 0.416 e. The minimum absolute atomic E-state index is 0.122. The van der Waals surface area contributed by atoms with Gasteiger partial charge in [-0.15, -0.1) is 0 Å². The molecule has 2 heterocycles. The van der Waals surface area contributed by atoms with E-state index in [2.05, 4.69) is 0 Å². The smallest absolute Gasteiger partial charge is 0.329 e. The van der Waals surface area contributed by atoms with Crippen LogP contribution in [0.3, 0.4) is 0 Å². The molecule has 0 radical (unpaired) electrons. The molecule has 1 unspecified atom stereocenters. The number of hydrogen-bond donors (Lipinski definition) is 1. The molecule has 2 aromatic rings. The maximum absolute atomic E-state index is 12.6. The van der Waals surface area contributed by atoms with E-state index in [0.717, 1.165) is 36.5 Å². The van der Waals surface area contributed by atoms with Gasteiger partial charge in [0, 0.05) is 16.6 Å². The van der Waals surface area contributed by atoms with Crippen LogP contribution in [0, 0.1) is 0 Å². The zero-order valence-electron chi connectivity index (χ0n) is 9.67. The number of nitrogens with two attached hydrogens (primary N) is 1. The molecule has 18 heavy (non-hydrogen) atoms. The predicted molar refractivity (Wildman–Crippen MR) is 63.1 cm³/mol. The van der Waals surface area contributed by atoms with E-state index in [1.165, 1.54) is 12.1 Å². The summed E-state index contributed by atoms with van der Waals surface area (Å²) in [6, 6.07) is 5.67. The van der Waals surface area contributed by atoms with Crippen molar-refractivity contribution in [3.05, 3.63) is 35.5 Å². The van der Waals surface area contributed by atoms with Crippen molar-refractivity contribution in [3.8, 4) is 0 Å². The Kier molecular flexibility index (Phi) is 2.41. The molecule has 0 saturated carbocycles. The molecule has 3 rings (SSSR count). The number of rotatable bonds is 0. The third kappa shape index (κ3) is 1.70. The predicted octanol–water partition coefficient (Wildman–Crippen LogP) is 3.45. The molecule has 1 aliphatic rings. The summed E-state index contributed by atoms with van der Waals surface area (Å²) in [5, 5.41) is 0.622. The molecular formula is C13H13F3N2. The second-order valence-electron chi connectivity index (χ2n) is 4.74. The van der Waals surface area contributed by atoms with Gasteiger partial charge >= 0.3 is 6.18 Å².